The summed E-state index contributed by atoms with van der Waals surface area (Å²) in [6.45, 7) is -0.166. The molecule has 0 saturated carbocycles. The molecule has 0 atom stereocenters. The fraction of sp³-hybridized carbons (Fsp3) is 0.0714. The van der Waals surface area contributed by atoms with Crippen molar-refractivity contribution < 1.29 is 18.9 Å². The topological polar surface area (TPSA) is 82.6 Å². The number of benzene rings is 1. The van der Waals surface area contributed by atoms with Crippen molar-refractivity contribution in [2.24, 2.45) is 0 Å². The Labute approximate surface area is 114 Å². The predicted octanol–water partition coefficient (Wildman–Crippen LogP) is 2.64. The minimum absolute atomic E-state index is 0.0617. The summed E-state index contributed by atoms with van der Waals surface area (Å²) >= 11 is 0. The standard InChI is InChI=1S/C14H9NO5/c1-2-9-19-14(16)13-8-7-12(20-13)10-5-3-4-6-11(10)15(17)18/h1,3-8H,9H2. The van der Waals surface area contributed by atoms with E-state index >= 15 is 0 Å². The Hall–Kier alpha value is -3.07. The van der Waals surface area contributed by atoms with Gasteiger partial charge in [0.05, 0.1) is 10.5 Å². The first-order valence-electron chi connectivity index (χ1n) is 5.57. The Balaban J connectivity index is 2.32. The number of furan rings is 1. The molecule has 0 bridgehead atoms. The zero-order valence-electron chi connectivity index (χ0n) is 10.2. The predicted molar refractivity (Wildman–Crippen MR) is 69.9 cm³/mol. The van der Waals surface area contributed by atoms with Crippen molar-refractivity contribution in [3.05, 3.63) is 52.3 Å². The second-order valence-electron chi connectivity index (χ2n) is 3.72. The largest absolute Gasteiger partial charge is 0.449 e. The second kappa shape index (κ2) is 5.71. The van der Waals surface area contributed by atoms with Gasteiger partial charge in [0, 0.05) is 6.07 Å². The number of esters is 1. The number of para-hydroxylation sites is 1. The van der Waals surface area contributed by atoms with Crippen LogP contribution in [0.25, 0.3) is 11.3 Å². The maximum Gasteiger partial charge on any atom is 0.375 e. The smallest absolute Gasteiger partial charge is 0.375 e. The molecule has 0 aliphatic carbocycles. The molecule has 0 unspecified atom stereocenters. The number of terminal acetylenes is 1. The van der Waals surface area contributed by atoms with Crippen LogP contribution in [0.3, 0.4) is 0 Å². The van der Waals surface area contributed by atoms with Crippen LogP contribution < -0.4 is 0 Å². The molecule has 1 aromatic carbocycles. The number of nitro benzene ring substituents is 1. The Kier molecular flexibility index (Phi) is 3.82. The maximum atomic E-state index is 11.5. The van der Waals surface area contributed by atoms with Crippen molar-refractivity contribution in [3.63, 3.8) is 0 Å². The lowest BCUT2D eigenvalue weighted by molar-refractivity contribution is -0.384. The third-order valence-corrected chi connectivity index (χ3v) is 2.46. The Morgan fingerprint density at radius 2 is 2.10 bits per heavy atom. The van der Waals surface area contributed by atoms with Gasteiger partial charge < -0.3 is 9.15 Å². The summed E-state index contributed by atoms with van der Waals surface area (Å²) in [5.74, 6) is 1.59. The van der Waals surface area contributed by atoms with E-state index in [1.165, 1.54) is 24.3 Å². The van der Waals surface area contributed by atoms with Crippen molar-refractivity contribution in [1.29, 1.82) is 0 Å². The van der Waals surface area contributed by atoms with Crippen molar-refractivity contribution in [3.8, 4) is 23.7 Å². The fourth-order valence-electron chi connectivity index (χ4n) is 1.61. The van der Waals surface area contributed by atoms with Crippen LogP contribution in [0, 0.1) is 22.5 Å². The minimum atomic E-state index is -0.715. The summed E-state index contributed by atoms with van der Waals surface area (Å²) in [6, 6.07) is 8.93. The Morgan fingerprint density at radius 1 is 1.35 bits per heavy atom. The van der Waals surface area contributed by atoms with E-state index in [-0.39, 0.29) is 29.4 Å². The third kappa shape index (κ3) is 2.67. The molecule has 0 radical (unpaired) electrons. The molecular formula is C14H9NO5. The minimum Gasteiger partial charge on any atom is -0.449 e. The second-order valence-corrected chi connectivity index (χ2v) is 3.72. The van der Waals surface area contributed by atoms with Crippen LogP contribution in [0.4, 0.5) is 5.69 Å². The lowest BCUT2D eigenvalue weighted by Gasteiger charge is -1.99. The van der Waals surface area contributed by atoms with Crippen LogP contribution in [-0.4, -0.2) is 17.5 Å². The van der Waals surface area contributed by atoms with Crippen molar-refractivity contribution in [2.75, 3.05) is 6.61 Å². The average molecular weight is 271 g/mol. The van der Waals surface area contributed by atoms with Crippen molar-refractivity contribution in [2.45, 2.75) is 0 Å². The number of rotatable bonds is 4. The lowest BCUT2D eigenvalue weighted by Crippen LogP contribution is -2.03. The first-order chi connectivity index (χ1) is 9.63. The number of hydrogen-bond donors (Lipinski definition) is 0. The molecule has 0 fully saturated rings. The van der Waals surface area contributed by atoms with Crippen molar-refractivity contribution in [1.82, 2.24) is 0 Å². The van der Waals surface area contributed by atoms with Crippen LogP contribution in [-0.2, 0) is 4.74 Å². The molecular weight excluding hydrogens is 262 g/mol. The van der Waals surface area contributed by atoms with E-state index in [0.717, 1.165) is 0 Å². The number of nitro groups is 1. The molecule has 6 nitrogen and oxygen atoms in total. The van der Waals surface area contributed by atoms with Gasteiger partial charge in [-0.3, -0.25) is 10.1 Å². The molecule has 0 spiro atoms. The number of nitrogens with zero attached hydrogens (tertiary/aromatic N) is 1. The highest BCUT2D eigenvalue weighted by atomic mass is 16.6. The maximum absolute atomic E-state index is 11.5. The monoisotopic (exact) mass is 271 g/mol. The summed E-state index contributed by atoms with van der Waals surface area (Å²) in [5.41, 5.74) is 0.180. The van der Waals surface area contributed by atoms with E-state index in [2.05, 4.69) is 5.92 Å². The third-order valence-electron chi connectivity index (χ3n) is 2.46. The van der Waals surface area contributed by atoms with E-state index in [0.29, 0.717) is 0 Å². The van der Waals surface area contributed by atoms with E-state index in [4.69, 9.17) is 15.6 Å². The molecule has 0 saturated heterocycles. The summed E-state index contributed by atoms with van der Waals surface area (Å²) < 4.78 is 9.97. The number of carbonyl (C=O) groups is 1. The highest BCUT2D eigenvalue weighted by molar-refractivity contribution is 5.87. The molecule has 1 heterocycles. The Morgan fingerprint density at radius 3 is 2.80 bits per heavy atom. The molecule has 0 N–H and O–H groups in total. The first kappa shape index (κ1) is 13.4. The Bertz CT molecular complexity index is 696. The lowest BCUT2D eigenvalue weighted by atomic mass is 10.1. The molecule has 2 rings (SSSR count). The van der Waals surface area contributed by atoms with Gasteiger partial charge in [0.25, 0.3) is 5.69 Å². The van der Waals surface area contributed by atoms with E-state index in [9.17, 15) is 14.9 Å². The number of hydrogen-bond acceptors (Lipinski definition) is 5. The quantitative estimate of drug-likeness (QED) is 0.369. The van der Waals surface area contributed by atoms with Crippen LogP contribution in [0.15, 0.2) is 40.8 Å². The molecule has 2 aromatic rings. The van der Waals surface area contributed by atoms with E-state index in [1.807, 2.05) is 0 Å². The molecule has 0 amide bonds. The molecule has 20 heavy (non-hydrogen) atoms. The number of carbonyl (C=O) groups excluding carboxylic acids is 1. The van der Waals surface area contributed by atoms with E-state index < -0.39 is 10.9 Å². The molecule has 0 aliphatic rings. The van der Waals surface area contributed by atoms with Crippen LogP contribution in [0.2, 0.25) is 0 Å². The van der Waals surface area contributed by atoms with Gasteiger partial charge in [-0.15, -0.1) is 6.42 Å². The van der Waals surface area contributed by atoms with Gasteiger partial charge >= 0.3 is 5.97 Å². The van der Waals surface area contributed by atoms with Gasteiger partial charge in [-0.1, -0.05) is 18.1 Å². The summed E-state index contributed by atoms with van der Waals surface area (Å²) in [7, 11) is 0. The SMILES string of the molecule is C#CCOC(=O)c1ccc(-c2ccccc2[N+](=O)[O-])o1. The van der Waals surface area contributed by atoms with Gasteiger partial charge in [-0.25, -0.2) is 4.79 Å². The van der Waals surface area contributed by atoms with Gasteiger partial charge in [0.2, 0.25) is 5.76 Å². The molecule has 1 aromatic heterocycles. The zero-order chi connectivity index (χ0) is 14.5. The van der Waals surface area contributed by atoms with Gasteiger partial charge in [-0.2, -0.15) is 0 Å². The van der Waals surface area contributed by atoms with Crippen LogP contribution >= 0.6 is 0 Å². The first-order valence-corrected chi connectivity index (χ1v) is 5.57. The number of ether oxygens (including phenoxy) is 1. The summed E-state index contributed by atoms with van der Waals surface area (Å²) in [4.78, 5) is 21.9. The van der Waals surface area contributed by atoms with Crippen LogP contribution in [0.5, 0.6) is 0 Å². The van der Waals surface area contributed by atoms with E-state index in [1.54, 1.807) is 12.1 Å². The van der Waals surface area contributed by atoms with Gasteiger partial charge in [-0.05, 0) is 18.2 Å². The fourth-order valence-corrected chi connectivity index (χ4v) is 1.61. The summed E-state index contributed by atoms with van der Waals surface area (Å²) in [6.07, 6.45) is 4.97. The molecule has 6 heteroatoms. The average Bonchev–Trinajstić information content (AvgIpc) is 2.94. The summed E-state index contributed by atoms with van der Waals surface area (Å²) in [5, 5.41) is 10.9. The zero-order valence-corrected chi connectivity index (χ0v) is 10.2. The molecule has 0 aliphatic heterocycles. The van der Waals surface area contributed by atoms with Gasteiger partial charge in [0.15, 0.2) is 6.61 Å². The van der Waals surface area contributed by atoms with Gasteiger partial charge in [0.1, 0.15) is 5.76 Å². The van der Waals surface area contributed by atoms with Crippen molar-refractivity contribution >= 4 is 11.7 Å². The molecule has 100 valence electrons. The van der Waals surface area contributed by atoms with Crippen LogP contribution in [0.1, 0.15) is 10.6 Å². The highest BCUT2D eigenvalue weighted by Gasteiger charge is 2.19. The normalized spacial score (nSPS) is 9.75. The highest BCUT2D eigenvalue weighted by Crippen LogP contribution is 2.30.